The summed E-state index contributed by atoms with van der Waals surface area (Å²) in [5.74, 6) is 1.69. The zero-order valence-corrected chi connectivity index (χ0v) is 15.5. The van der Waals surface area contributed by atoms with Crippen LogP contribution in [-0.2, 0) is 20.2 Å². The lowest BCUT2D eigenvalue weighted by Gasteiger charge is -2.13. The lowest BCUT2D eigenvalue weighted by Crippen LogP contribution is -2.21. The van der Waals surface area contributed by atoms with Crippen molar-refractivity contribution < 1.29 is 4.74 Å². The molecule has 0 unspecified atom stereocenters. The van der Waals surface area contributed by atoms with E-state index in [0.29, 0.717) is 12.6 Å². The summed E-state index contributed by atoms with van der Waals surface area (Å²) >= 11 is 7.16. The maximum atomic E-state index is 5.88. The quantitative estimate of drug-likeness (QED) is 0.772. The van der Waals surface area contributed by atoms with Crippen molar-refractivity contribution in [2.24, 2.45) is 7.05 Å². The minimum atomic E-state index is 0.435. The van der Waals surface area contributed by atoms with E-state index in [1.54, 1.807) is 6.20 Å². The van der Waals surface area contributed by atoms with Crippen LogP contribution in [0.15, 0.2) is 33.5 Å². The van der Waals surface area contributed by atoms with Crippen LogP contribution in [0, 0.1) is 0 Å². The molecule has 1 N–H and O–H groups in total. The van der Waals surface area contributed by atoms with Gasteiger partial charge in [0.2, 0.25) is 0 Å². The molecule has 1 heterocycles. The van der Waals surface area contributed by atoms with E-state index in [4.69, 9.17) is 4.74 Å². The fourth-order valence-corrected chi connectivity index (χ4v) is 3.36. The molecule has 0 atom stereocenters. The summed E-state index contributed by atoms with van der Waals surface area (Å²) in [5.41, 5.74) is 1.20. The van der Waals surface area contributed by atoms with Gasteiger partial charge < -0.3 is 14.6 Å². The van der Waals surface area contributed by atoms with Crippen LogP contribution in [0.5, 0.6) is 5.75 Å². The van der Waals surface area contributed by atoms with Crippen molar-refractivity contribution in [2.75, 3.05) is 0 Å². The number of ether oxygens (including phenoxy) is 1. The standard InChI is InChI=1S/C15H19Br2N3O/c1-10(2)19-8-11-6-12(16)15(13(17)7-11)21-9-14-18-4-5-20(14)3/h4-7,10,19H,8-9H2,1-3H3. The summed E-state index contributed by atoms with van der Waals surface area (Å²) in [5, 5.41) is 3.40. The van der Waals surface area contributed by atoms with Crippen LogP contribution in [0.2, 0.25) is 0 Å². The average molecular weight is 417 g/mol. The van der Waals surface area contributed by atoms with Gasteiger partial charge in [-0.1, -0.05) is 13.8 Å². The molecule has 1 aromatic heterocycles. The second-order valence-electron chi connectivity index (χ2n) is 5.17. The average Bonchev–Trinajstić information content (AvgIpc) is 2.81. The Balaban J connectivity index is 2.08. The molecule has 0 amide bonds. The summed E-state index contributed by atoms with van der Waals surface area (Å²) in [7, 11) is 1.95. The van der Waals surface area contributed by atoms with Gasteiger partial charge >= 0.3 is 0 Å². The number of aryl methyl sites for hydroxylation is 1. The molecule has 6 heteroatoms. The van der Waals surface area contributed by atoms with Gasteiger partial charge in [0.1, 0.15) is 18.2 Å². The van der Waals surface area contributed by atoms with Gasteiger partial charge in [-0.2, -0.15) is 0 Å². The molecule has 2 rings (SSSR count). The van der Waals surface area contributed by atoms with Crippen molar-refractivity contribution in [2.45, 2.75) is 33.0 Å². The van der Waals surface area contributed by atoms with Crippen LogP contribution < -0.4 is 10.1 Å². The van der Waals surface area contributed by atoms with Gasteiger partial charge in [0.25, 0.3) is 0 Å². The van der Waals surface area contributed by atoms with E-state index >= 15 is 0 Å². The number of rotatable bonds is 6. The van der Waals surface area contributed by atoms with E-state index in [1.165, 1.54) is 5.56 Å². The maximum absolute atomic E-state index is 5.88. The number of hydrogen-bond acceptors (Lipinski definition) is 3. The molecule has 0 saturated carbocycles. The van der Waals surface area contributed by atoms with Gasteiger partial charge in [-0.05, 0) is 49.6 Å². The Morgan fingerprint density at radius 2 is 1.95 bits per heavy atom. The van der Waals surface area contributed by atoms with Crippen LogP contribution in [0.25, 0.3) is 0 Å². The van der Waals surface area contributed by atoms with Gasteiger partial charge in [-0.3, -0.25) is 0 Å². The highest BCUT2D eigenvalue weighted by Crippen LogP contribution is 2.35. The van der Waals surface area contributed by atoms with Crippen molar-refractivity contribution in [3.8, 4) is 5.75 Å². The first-order valence-electron chi connectivity index (χ1n) is 6.77. The Morgan fingerprint density at radius 1 is 1.29 bits per heavy atom. The molecule has 1 aromatic carbocycles. The second-order valence-corrected chi connectivity index (χ2v) is 6.88. The highest BCUT2D eigenvalue weighted by atomic mass is 79.9. The van der Waals surface area contributed by atoms with E-state index in [0.717, 1.165) is 27.1 Å². The largest absolute Gasteiger partial charge is 0.483 e. The van der Waals surface area contributed by atoms with Crippen LogP contribution in [-0.4, -0.2) is 15.6 Å². The zero-order chi connectivity index (χ0) is 15.4. The van der Waals surface area contributed by atoms with Gasteiger partial charge in [-0.15, -0.1) is 0 Å². The number of aromatic nitrogens is 2. The minimum absolute atomic E-state index is 0.435. The molecular formula is C15H19Br2N3O. The number of halogens is 2. The first-order chi connectivity index (χ1) is 9.97. The Hall–Kier alpha value is -0.850. The number of hydrogen-bond donors (Lipinski definition) is 1. The van der Waals surface area contributed by atoms with Crippen molar-refractivity contribution in [3.05, 3.63) is 44.9 Å². The van der Waals surface area contributed by atoms with Crippen molar-refractivity contribution in [1.29, 1.82) is 0 Å². The van der Waals surface area contributed by atoms with E-state index in [-0.39, 0.29) is 0 Å². The van der Waals surface area contributed by atoms with E-state index < -0.39 is 0 Å². The highest BCUT2D eigenvalue weighted by Gasteiger charge is 2.11. The Labute approximate surface area is 142 Å². The summed E-state index contributed by atoms with van der Waals surface area (Å²) in [6.45, 7) is 5.53. The van der Waals surface area contributed by atoms with E-state index in [2.05, 4.69) is 68.1 Å². The first kappa shape index (κ1) is 16.5. The second kappa shape index (κ2) is 7.42. The van der Waals surface area contributed by atoms with Crippen molar-refractivity contribution in [1.82, 2.24) is 14.9 Å². The fourth-order valence-electron chi connectivity index (χ4n) is 1.85. The summed E-state index contributed by atoms with van der Waals surface area (Å²) in [4.78, 5) is 4.25. The normalized spacial score (nSPS) is 11.1. The molecule has 0 radical (unpaired) electrons. The molecule has 0 bridgehead atoms. The van der Waals surface area contributed by atoms with Gasteiger partial charge in [-0.25, -0.2) is 4.98 Å². The summed E-state index contributed by atoms with van der Waals surface area (Å²) in [6.07, 6.45) is 3.67. The minimum Gasteiger partial charge on any atom is -0.483 e. The number of nitrogens with zero attached hydrogens (tertiary/aromatic N) is 2. The molecule has 21 heavy (non-hydrogen) atoms. The predicted molar refractivity (Wildman–Crippen MR) is 91.4 cm³/mol. The molecule has 0 saturated heterocycles. The fraction of sp³-hybridized carbons (Fsp3) is 0.400. The van der Waals surface area contributed by atoms with Gasteiger partial charge in [0.05, 0.1) is 8.95 Å². The van der Waals surface area contributed by atoms with Crippen LogP contribution in [0.4, 0.5) is 0 Å². The molecule has 2 aromatic rings. The molecule has 0 fully saturated rings. The SMILES string of the molecule is CC(C)NCc1cc(Br)c(OCc2nccn2C)c(Br)c1. The summed E-state index contributed by atoms with van der Waals surface area (Å²) in [6, 6.07) is 4.61. The van der Waals surface area contributed by atoms with Crippen LogP contribution >= 0.6 is 31.9 Å². The first-order valence-corrected chi connectivity index (χ1v) is 8.36. The molecule has 0 spiro atoms. The lowest BCUT2D eigenvalue weighted by molar-refractivity contribution is 0.288. The molecular weight excluding hydrogens is 398 g/mol. The lowest BCUT2D eigenvalue weighted by atomic mass is 10.2. The smallest absolute Gasteiger partial charge is 0.148 e. The third kappa shape index (κ3) is 4.56. The summed E-state index contributed by atoms with van der Waals surface area (Å²) < 4.78 is 9.70. The molecule has 4 nitrogen and oxygen atoms in total. The Bertz CT molecular complexity index is 588. The Kier molecular flexibility index (Phi) is 5.84. The third-order valence-electron chi connectivity index (χ3n) is 3.04. The highest BCUT2D eigenvalue weighted by molar-refractivity contribution is 9.11. The van der Waals surface area contributed by atoms with E-state index in [9.17, 15) is 0 Å². The van der Waals surface area contributed by atoms with Crippen molar-refractivity contribution >= 4 is 31.9 Å². The van der Waals surface area contributed by atoms with Gasteiger partial charge in [0.15, 0.2) is 0 Å². The molecule has 0 aliphatic carbocycles. The van der Waals surface area contributed by atoms with Crippen LogP contribution in [0.1, 0.15) is 25.2 Å². The predicted octanol–water partition coefficient (Wildman–Crippen LogP) is 4.02. The van der Waals surface area contributed by atoms with Gasteiger partial charge in [0, 0.05) is 32.0 Å². The molecule has 114 valence electrons. The molecule has 0 aliphatic heterocycles. The maximum Gasteiger partial charge on any atom is 0.148 e. The number of nitrogens with one attached hydrogen (secondary N) is 1. The van der Waals surface area contributed by atoms with Crippen molar-refractivity contribution in [3.63, 3.8) is 0 Å². The monoisotopic (exact) mass is 415 g/mol. The number of benzene rings is 1. The number of imidazole rings is 1. The van der Waals surface area contributed by atoms with Crippen LogP contribution in [0.3, 0.4) is 0 Å². The topological polar surface area (TPSA) is 39.1 Å². The Morgan fingerprint density at radius 3 is 2.48 bits per heavy atom. The zero-order valence-electron chi connectivity index (χ0n) is 12.4. The van der Waals surface area contributed by atoms with E-state index in [1.807, 2.05) is 17.8 Å². The third-order valence-corrected chi connectivity index (χ3v) is 4.22. The molecule has 0 aliphatic rings.